The fourth-order valence-electron chi connectivity index (χ4n) is 2.95. The van der Waals surface area contributed by atoms with Crippen molar-refractivity contribution in [2.45, 2.75) is 13.1 Å². The summed E-state index contributed by atoms with van der Waals surface area (Å²) in [6, 6.07) is 11.1. The zero-order chi connectivity index (χ0) is 17.2. The van der Waals surface area contributed by atoms with Crippen LogP contribution in [0.15, 0.2) is 47.4 Å². The smallest absolute Gasteiger partial charge is 0.261 e. The minimum Gasteiger partial charge on any atom is -0.318 e. The van der Waals surface area contributed by atoms with Gasteiger partial charge in [-0.05, 0) is 36.3 Å². The normalized spacial score (nSPS) is 14.0. The van der Waals surface area contributed by atoms with Crippen LogP contribution in [0.1, 0.15) is 17.1 Å². The van der Waals surface area contributed by atoms with Gasteiger partial charge in [0.25, 0.3) is 5.56 Å². The van der Waals surface area contributed by atoms with E-state index < -0.39 is 0 Å². The molecule has 6 heteroatoms. The van der Waals surface area contributed by atoms with Crippen molar-refractivity contribution >= 4 is 10.9 Å². The Morgan fingerprint density at radius 2 is 2.08 bits per heavy atom. The van der Waals surface area contributed by atoms with Gasteiger partial charge in [-0.15, -0.1) is 0 Å². The highest BCUT2D eigenvalue weighted by Gasteiger charge is 2.18. The van der Waals surface area contributed by atoms with E-state index >= 15 is 0 Å². The number of hydrogen-bond donors (Lipinski definition) is 1. The van der Waals surface area contributed by atoms with E-state index in [1.807, 2.05) is 30.3 Å². The fourth-order valence-corrected chi connectivity index (χ4v) is 2.95. The van der Waals surface area contributed by atoms with Crippen molar-refractivity contribution in [3.63, 3.8) is 0 Å². The second kappa shape index (κ2) is 6.48. The summed E-state index contributed by atoms with van der Waals surface area (Å²) in [4.78, 5) is 23.6. The van der Waals surface area contributed by atoms with E-state index in [0.29, 0.717) is 36.4 Å². The first-order valence-electron chi connectivity index (χ1n) is 8.13. The van der Waals surface area contributed by atoms with Gasteiger partial charge in [0.05, 0.1) is 17.4 Å². The molecule has 6 nitrogen and oxygen atoms in total. The van der Waals surface area contributed by atoms with E-state index in [1.165, 1.54) is 0 Å². The minimum atomic E-state index is 0.000839. The van der Waals surface area contributed by atoms with Crippen LogP contribution >= 0.6 is 0 Å². The molecule has 3 aromatic rings. The molecule has 1 aromatic carbocycles. The monoisotopic (exact) mass is 331 g/mol. The molecule has 0 saturated carbocycles. The Morgan fingerprint density at radius 3 is 2.88 bits per heavy atom. The molecule has 25 heavy (non-hydrogen) atoms. The maximum absolute atomic E-state index is 12.7. The molecule has 0 fully saturated rings. The van der Waals surface area contributed by atoms with Gasteiger partial charge >= 0.3 is 0 Å². The van der Waals surface area contributed by atoms with Crippen LogP contribution < -0.4 is 11.3 Å². The summed E-state index contributed by atoms with van der Waals surface area (Å²) in [7, 11) is 0. The summed E-state index contributed by atoms with van der Waals surface area (Å²) >= 11 is 0. The zero-order valence-corrected chi connectivity index (χ0v) is 13.6. The number of fused-ring (bicyclic) bond motifs is 2. The largest absolute Gasteiger partial charge is 0.318 e. The predicted octanol–water partition coefficient (Wildman–Crippen LogP) is 0.923. The molecule has 2 N–H and O–H groups in total. The van der Waals surface area contributed by atoms with Crippen molar-refractivity contribution in [1.82, 2.24) is 19.4 Å². The third-order valence-corrected chi connectivity index (χ3v) is 4.30. The molecular formula is C19H17N5O. The molecule has 2 aromatic heterocycles. The first-order chi connectivity index (χ1) is 12.2. The van der Waals surface area contributed by atoms with Gasteiger partial charge in [-0.2, -0.15) is 0 Å². The van der Waals surface area contributed by atoms with Crippen molar-refractivity contribution < 1.29 is 0 Å². The SMILES string of the molecule is NCN1CCn2c(nc3cc(C#Cc4ccccn4)ccc3c2=O)C1. The molecule has 0 bridgehead atoms. The van der Waals surface area contributed by atoms with Gasteiger partial charge in [0.15, 0.2) is 0 Å². The third kappa shape index (κ3) is 3.03. The molecule has 3 heterocycles. The number of pyridine rings is 1. The van der Waals surface area contributed by atoms with Crippen LogP contribution in [0.5, 0.6) is 0 Å². The molecule has 0 amide bonds. The summed E-state index contributed by atoms with van der Waals surface area (Å²) < 4.78 is 1.74. The quantitative estimate of drug-likeness (QED) is 0.671. The van der Waals surface area contributed by atoms with Gasteiger partial charge in [-0.3, -0.25) is 14.3 Å². The molecule has 0 unspecified atom stereocenters. The highest BCUT2D eigenvalue weighted by Crippen LogP contribution is 2.14. The van der Waals surface area contributed by atoms with Gasteiger partial charge in [0.2, 0.25) is 0 Å². The Bertz CT molecular complexity index is 1050. The molecule has 1 aliphatic heterocycles. The number of aromatic nitrogens is 3. The summed E-state index contributed by atoms with van der Waals surface area (Å²) in [5.74, 6) is 6.86. The Kier molecular flexibility index (Phi) is 4.02. The lowest BCUT2D eigenvalue weighted by Gasteiger charge is -2.27. The summed E-state index contributed by atoms with van der Waals surface area (Å²) in [6.07, 6.45) is 1.71. The van der Waals surface area contributed by atoms with Crippen LogP contribution in [0.2, 0.25) is 0 Å². The average molecular weight is 331 g/mol. The van der Waals surface area contributed by atoms with Gasteiger partial charge in [0.1, 0.15) is 11.5 Å². The first-order valence-corrected chi connectivity index (χ1v) is 8.13. The number of nitrogens with zero attached hydrogens (tertiary/aromatic N) is 4. The number of benzene rings is 1. The summed E-state index contributed by atoms with van der Waals surface area (Å²) in [5, 5.41) is 0.619. The summed E-state index contributed by atoms with van der Waals surface area (Å²) in [5.41, 5.74) is 7.90. The topological polar surface area (TPSA) is 77.0 Å². The van der Waals surface area contributed by atoms with E-state index in [2.05, 4.69) is 26.7 Å². The van der Waals surface area contributed by atoms with Crippen LogP contribution in [0, 0.1) is 11.8 Å². The van der Waals surface area contributed by atoms with Gasteiger partial charge < -0.3 is 5.73 Å². The van der Waals surface area contributed by atoms with E-state index in [4.69, 9.17) is 5.73 Å². The number of rotatable bonds is 1. The van der Waals surface area contributed by atoms with Crippen LogP contribution in [-0.4, -0.2) is 32.6 Å². The van der Waals surface area contributed by atoms with Crippen LogP contribution in [0.25, 0.3) is 10.9 Å². The first kappa shape index (κ1) is 15.5. The average Bonchev–Trinajstić information content (AvgIpc) is 2.66. The number of nitrogens with two attached hydrogens (primary N) is 1. The van der Waals surface area contributed by atoms with E-state index in [9.17, 15) is 4.79 Å². The van der Waals surface area contributed by atoms with Crippen LogP contribution in [-0.2, 0) is 13.1 Å². The van der Waals surface area contributed by atoms with Crippen molar-refractivity contribution in [1.29, 1.82) is 0 Å². The van der Waals surface area contributed by atoms with E-state index in [-0.39, 0.29) is 5.56 Å². The molecule has 0 aliphatic carbocycles. The Hall–Kier alpha value is -3.01. The molecule has 0 saturated heterocycles. The van der Waals surface area contributed by atoms with Crippen LogP contribution in [0.3, 0.4) is 0 Å². The van der Waals surface area contributed by atoms with Crippen molar-refractivity contribution in [3.05, 3.63) is 70.0 Å². The lowest BCUT2D eigenvalue weighted by molar-refractivity contribution is 0.218. The lowest BCUT2D eigenvalue weighted by atomic mass is 10.1. The van der Waals surface area contributed by atoms with Crippen LogP contribution in [0.4, 0.5) is 0 Å². The standard InChI is InChI=1S/C19H17N5O/c20-13-23-9-10-24-18(12-23)22-17-11-14(5-7-16(17)19(24)25)4-6-15-3-1-2-8-21-15/h1-3,5,7-8,11H,9-10,12-13,20H2. The fraction of sp³-hybridized carbons (Fsp3) is 0.211. The zero-order valence-electron chi connectivity index (χ0n) is 13.6. The molecule has 0 radical (unpaired) electrons. The Morgan fingerprint density at radius 1 is 1.16 bits per heavy atom. The highest BCUT2D eigenvalue weighted by atomic mass is 16.1. The Balaban J connectivity index is 1.76. The molecule has 0 spiro atoms. The molecule has 1 aliphatic rings. The second-order valence-corrected chi connectivity index (χ2v) is 5.92. The minimum absolute atomic E-state index is 0.000839. The van der Waals surface area contributed by atoms with E-state index in [0.717, 1.165) is 17.9 Å². The molecule has 0 atom stereocenters. The van der Waals surface area contributed by atoms with Crippen molar-refractivity contribution in [2.75, 3.05) is 13.2 Å². The van der Waals surface area contributed by atoms with Crippen molar-refractivity contribution in [3.8, 4) is 11.8 Å². The lowest BCUT2D eigenvalue weighted by Crippen LogP contribution is -2.42. The second-order valence-electron chi connectivity index (χ2n) is 5.92. The highest BCUT2D eigenvalue weighted by molar-refractivity contribution is 5.79. The maximum Gasteiger partial charge on any atom is 0.261 e. The van der Waals surface area contributed by atoms with Crippen molar-refractivity contribution in [2.24, 2.45) is 5.73 Å². The molecular weight excluding hydrogens is 314 g/mol. The predicted molar refractivity (Wildman–Crippen MR) is 95.7 cm³/mol. The molecule has 4 rings (SSSR count). The Labute approximate surface area is 144 Å². The maximum atomic E-state index is 12.7. The molecule has 124 valence electrons. The number of hydrogen-bond acceptors (Lipinski definition) is 5. The van der Waals surface area contributed by atoms with Gasteiger partial charge in [-0.25, -0.2) is 9.97 Å². The van der Waals surface area contributed by atoms with Gasteiger partial charge in [-0.1, -0.05) is 12.0 Å². The van der Waals surface area contributed by atoms with E-state index in [1.54, 1.807) is 16.8 Å². The summed E-state index contributed by atoms with van der Waals surface area (Å²) in [6.45, 7) is 2.44. The van der Waals surface area contributed by atoms with Gasteiger partial charge in [0, 0.05) is 31.5 Å². The third-order valence-electron chi connectivity index (χ3n) is 4.30.